The number of hydrogen-bond donors (Lipinski definition) is 1. The van der Waals surface area contributed by atoms with Gasteiger partial charge in [0.05, 0.1) is 12.2 Å². The monoisotopic (exact) mass is 238 g/mol. The predicted octanol–water partition coefficient (Wildman–Crippen LogP) is 3.45. The fourth-order valence-corrected chi connectivity index (χ4v) is 1.63. The van der Waals surface area contributed by atoms with Crippen LogP contribution in [0.5, 0.6) is 5.75 Å². The van der Waals surface area contributed by atoms with Crippen LogP contribution in [0.15, 0.2) is 18.2 Å². The van der Waals surface area contributed by atoms with E-state index < -0.39 is 0 Å². The molecular weight excluding hydrogens is 220 g/mol. The number of thiol groups is 1. The first-order valence-corrected chi connectivity index (χ1v) is 5.81. The number of ether oxygens (including phenoxy) is 1. The summed E-state index contributed by atoms with van der Waals surface area (Å²) in [6.45, 7) is 8.82. The highest BCUT2D eigenvalue weighted by Gasteiger charge is 2.17. The lowest BCUT2D eigenvalue weighted by Crippen LogP contribution is -2.12. The van der Waals surface area contributed by atoms with Crippen LogP contribution in [0.3, 0.4) is 0 Å². The molecule has 88 valence electrons. The van der Waals surface area contributed by atoms with Gasteiger partial charge in [0.25, 0.3) is 0 Å². The number of rotatable bonds is 3. The van der Waals surface area contributed by atoms with Gasteiger partial charge in [-0.15, -0.1) is 12.6 Å². The van der Waals surface area contributed by atoms with E-state index in [-0.39, 0.29) is 10.5 Å². The normalized spacial score (nSPS) is 11.3. The summed E-state index contributed by atoms with van der Waals surface area (Å²) in [7, 11) is 0. The maximum Gasteiger partial charge on any atom is 0.220 e. The molecule has 0 radical (unpaired) electrons. The van der Waals surface area contributed by atoms with Crippen molar-refractivity contribution in [1.82, 2.24) is 0 Å². The van der Waals surface area contributed by atoms with Crippen molar-refractivity contribution in [3.63, 3.8) is 0 Å². The van der Waals surface area contributed by atoms with Crippen LogP contribution in [0.4, 0.5) is 0 Å². The van der Waals surface area contributed by atoms with Gasteiger partial charge in [0.2, 0.25) is 5.12 Å². The van der Waals surface area contributed by atoms with Crippen LogP contribution in [0.2, 0.25) is 0 Å². The van der Waals surface area contributed by atoms with Gasteiger partial charge >= 0.3 is 0 Å². The largest absolute Gasteiger partial charge is 0.493 e. The zero-order valence-corrected chi connectivity index (χ0v) is 11.1. The highest BCUT2D eigenvalue weighted by molar-refractivity contribution is 7.97. The summed E-state index contributed by atoms with van der Waals surface area (Å²) >= 11 is 3.84. The smallest absolute Gasteiger partial charge is 0.220 e. The van der Waals surface area contributed by atoms with Crippen molar-refractivity contribution in [2.24, 2.45) is 0 Å². The van der Waals surface area contributed by atoms with Crippen molar-refractivity contribution in [2.75, 3.05) is 6.61 Å². The predicted molar refractivity (Wildman–Crippen MR) is 69.6 cm³/mol. The quantitative estimate of drug-likeness (QED) is 0.816. The highest BCUT2D eigenvalue weighted by atomic mass is 32.1. The number of benzene rings is 1. The second kappa shape index (κ2) is 4.91. The van der Waals surface area contributed by atoms with E-state index in [4.69, 9.17) is 4.74 Å². The summed E-state index contributed by atoms with van der Waals surface area (Å²) in [6.07, 6.45) is 0. The third-order valence-electron chi connectivity index (χ3n) is 2.38. The Balaban J connectivity index is 3.22. The van der Waals surface area contributed by atoms with Crippen LogP contribution >= 0.6 is 12.6 Å². The molecule has 0 fully saturated rings. The van der Waals surface area contributed by atoms with Crippen molar-refractivity contribution >= 4 is 17.7 Å². The molecule has 0 aliphatic rings. The van der Waals surface area contributed by atoms with Crippen molar-refractivity contribution in [3.8, 4) is 5.75 Å². The lowest BCUT2D eigenvalue weighted by molar-refractivity contribution is 0.108. The lowest BCUT2D eigenvalue weighted by Gasteiger charge is -2.20. The van der Waals surface area contributed by atoms with Gasteiger partial charge < -0.3 is 4.74 Å². The minimum absolute atomic E-state index is 0.0457. The summed E-state index contributed by atoms with van der Waals surface area (Å²) in [5, 5.41) is -0.260. The number of hydrogen-bond acceptors (Lipinski definition) is 2. The third-order valence-corrected chi connectivity index (χ3v) is 2.62. The molecule has 0 heterocycles. The van der Waals surface area contributed by atoms with Crippen LogP contribution in [0.25, 0.3) is 0 Å². The van der Waals surface area contributed by atoms with Crippen LogP contribution in [0.1, 0.15) is 43.6 Å². The zero-order chi connectivity index (χ0) is 12.3. The number of carbonyl (C=O) groups excluding carboxylic acids is 1. The summed E-state index contributed by atoms with van der Waals surface area (Å²) in [5.41, 5.74) is 1.72. The third kappa shape index (κ3) is 3.01. The van der Waals surface area contributed by atoms with E-state index in [2.05, 4.69) is 33.4 Å². The minimum atomic E-state index is -0.260. The molecule has 0 unspecified atom stereocenters. The molecule has 0 saturated heterocycles. The maximum absolute atomic E-state index is 11.3. The molecule has 2 nitrogen and oxygen atoms in total. The van der Waals surface area contributed by atoms with Gasteiger partial charge in [-0.1, -0.05) is 26.8 Å². The minimum Gasteiger partial charge on any atom is -0.493 e. The van der Waals surface area contributed by atoms with Crippen LogP contribution in [-0.2, 0) is 5.41 Å². The Hall–Kier alpha value is -0.960. The van der Waals surface area contributed by atoms with E-state index in [1.807, 2.05) is 19.1 Å². The fourth-order valence-electron chi connectivity index (χ4n) is 1.44. The standard InChI is InChI=1S/C13H18O2S/c1-5-15-11-8-9(13(2,3)4)6-7-10(11)12(14)16/h6-8H,5H2,1-4H3,(H,14,16). The topological polar surface area (TPSA) is 26.3 Å². The average Bonchev–Trinajstić information content (AvgIpc) is 2.16. The molecule has 0 aliphatic heterocycles. The summed E-state index contributed by atoms with van der Waals surface area (Å²) in [4.78, 5) is 11.3. The second-order valence-corrected chi connectivity index (χ2v) is 5.11. The molecular formula is C13H18O2S. The molecule has 0 aromatic heterocycles. The van der Waals surface area contributed by atoms with Crippen molar-refractivity contribution in [1.29, 1.82) is 0 Å². The first kappa shape index (κ1) is 13.1. The van der Waals surface area contributed by atoms with Crippen LogP contribution < -0.4 is 4.74 Å². The first-order valence-electron chi connectivity index (χ1n) is 5.37. The fraction of sp³-hybridized carbons (Fsp3) is 0.462. The molecule has 0 aliphatic carbocycles. The van der Waals surface area contributed by atoms with Gasteiger partial charge in [0.15, 0.2) is 0 Å². The van der Waals surface area contributed by atoms with E-state index >= 15 is 0 Å². The SMILES string of the molecule is CCOc1cc(C(C)(C)C)ccc1C(=O)S. The first-order chi connectivity index (χ1) is 7.36. The highest BCUT2D eigenvalue weighted by Crippen LogP contribution is 2.29. The van der Waals surface area contributed by atoms with Crippen molar-refractivity contribution < 1.29 is 9.53 Å². The van der Waals surface area contributed by atoms with E-state index in [0.29, 0.717) is 17.9 Å². The molecule has 0 bridgehead atoms. The van der Waals surface area contributed by atoms with E-state index in [1.54, 1.807) is 6.07 Å². The second-order valence-electron chi connectivity index (χ2n) is 4.70. The van der Waals surface area contributed by atoms with Crippen LogP contribution in [0, 0.1) is 0 Å². The summed E-state index contributed by atoms with van der Waals surface area (Å²) in [5.74, 6) is 0.620. The molecule has 16 heavy (non-hydrogen) atoms. The van der Waals surface area contributed by atoms with Gasteiger partial charge in [-0.05, 0) is 30.0 Å². The Labute approximate surface area is 102 Å². The van der Waals surface area contributed by atoms with E-state index in [9.17, 15) is 4.79 Å². The molecule has 0 atom stereocenters. The molecule has 0 amide bonds. The molecule has 0 spiro atoms. The maximum atomic E-state index is 11.3. The van der Waals surface area contributed by atoms with Crippen molar-refractivity contribution in [3.05, 3.63) is 29.3 Å². The molecule has 3 heteroatoms. The molecule has 1 aromatic carbocycles. The average molecular weight is 238 g/mol. The van der Waals surface area contributed by atoms with E-state index in [1.165, 1.54) is 0 Å². The van der Waals surface area contributed by atoms with E-state index in [0.717, 1.165) is 5.56 Å². The van der Waals surface area contributed by atoms with Gasteiger partial charge in [-0.2, -0.15) is 0 Å². The Morgan fingerprint density at radius 2 is 2.00 bits per heavy atom. The lowest BCUT2D eigenvalue weighted by atomic mass is 9.86. The molecule has 0 saturated carbocycles. The Bertz CT molecular complexity index is 391. The van der Waals surface area contributed by atoms with Gasteiger partial charge in [-0.3, -0.25) is 4.79 Å². The number of carbonyl (C=O) groups is 1. The Morgan fingerprint density at radius 3 is 2.44 bits per heavy atom. The van der Waals surface area contributed by atoms with Gasteiger partial charge in [-0.25, -0.2) is 0 Å². The van der Waals surface area contributed by atoms with Crippen molar-refractivity contribution in [2.45, 2.75) is 33.1 Å². The summed E-state index contributed by atoms with van der Waals surface area (Å²) < 4.78 is 5.46. The van der Waals surface area contributed by atoms with Gasteiger partial charge in [0, 0.05) is 0 Å². The molecule has 1 rings (SSSR count). The zero-order valence-electron chi connectivity index (χ0n) is 10.2. The van der Waals surface area contributed by atoms with Gasteiger partial charge in [0.1, 0.15) is 5.75 Å². The van der Waals surface area contributed by atoms with Crippen LogP contribution in [-0.4, -0.2) is 11.7 Å². The Kier molecular flexibility index (Phi) is 4.03. The molecule has 1 aromatic rings. The summed E-state index contributed by atoms with van der Waals surface area (Å²) in [6, 6.07) is 5.65. The molecule has 0 N–H and O–H groups in total. The Morgan fingerprint density at radius 1 is 1.38 bits per heavy atom.